The molecule has 0 bridgehead atoms. The van der Waals surface area contributed by atoms with Crippen LogP contribution < -0.4 is 22.8 Å². The summed E-state index contributed by atoms with van der Waals surface area (Å²) in [5.41, 5.74) is 28.3. The molecule has 6 aromatic carbocycles. The van der Waals surface area contributed by atoms with E-state index in [1.165, 1.54) is 121 Å². The van der Waals surface area contributed by atoms with Crippen LogP contribution in [0.5, 0.6) is 0 Å². The van der Waals surface area contributed by atoms with Crippen LogP contribution in [0.1, 0.15) is 31.9 Å². The molecule has 490 valence electrons. The van der Waals surface area contributed by atoms with Gasteiger partial charge in [-0.2, -0.15) is 22.0 Å². The van der Waals surface area contributed by atoms with Gasteiger partial charge in [-0.05, 0) is 54.6 Å². The molecule has 15 aromatic heterocycles. The Bertz CT molecular complexity index is 7080. The Kier molecular flexibility index (Phi) is 11.6. The number of oxazole rings is 1. The zero-order valence-corrected chi connectivity index (χ0v) is 56.2. The zero-order valence-electron chi connectivity index (χ0n) is 58.4. The van der Waals surface area contributed by atoms with Crippen LogP contribution in [0.3, 0.4) is 0 Å². The van der Waals surface area contributed by atoms with Crippen molar-refractivity contribution in [1.29, 1.82) is 0 Å². The molecule has 0 radical (unpaired) electrons. The highest BCUT2D eigenvalue weighted by Gasteiger charge is 2.38. The second kappa shape index (κ2) is 22.0. The maximum atomic E-state index is 7.99. The SMILES string of the molecule is Cn1c2ccncc2n2c3[n+](cc12)Cc1ccccc1-3.[2H]C([2H])([2H])n1c2cnccc2n2c[n+]3c(c12)-c1ccccc1C3.c1ccc(-n2c3ccncc3n3c4[n+](cc23)Cc2ccccc2-4)cc1.c1ccc2c(c1)C[n+]1cc3oc4ccncc4n3c1-2.c1ccc2c(c1)C[n+]1cc3sc4ccncc4n3c1-2. The summed E-state index contributed by atoms with van der Waals surface area (Å²) in [5, 5.41) is 0. The lowest BCUT2D eigenvalue weighted by molar-refractivity contribution is -0.671. The summed E-state index contributed by atoms with van der Waals surface area (Å²) in [7, 11) is 2.11. The molecule has 19 nitrogen and oxygen atoms in total. The average molecular weight is 1360 g/mol. The first-order valence-electron chi connectivity index (χ1n) is 35.8. The number of hydrogen-bond donors (Lipinski definition) is 0. The Morgan fingerprint density at radius 1 is 0.388 bits per heavy atom. The van der Waals surface area contributed by atoms with Gasteiger partial charge in [0.1, 0.15) is 50.0 Å². The highest BCUT2D eigenvalue weighted by Crippen LogP contribution is 2.39. The molecule has 103 heavy (non-hydrogen) atoms. The number of nitrogens with zero attached hydrogens (tertiary/aromatic N) is 18. The molecule has 0 unspecified atom stereocenters. The fourth-order valence-electron chi connectivity index (χ4n) is 16.6. The summed E-state index contributed by atoms with van der Waals surface area (Å²) in [6.45, 7) is 2.25. The zero-order chi connectivity index (χ0) is 70.2. The number of benzene rings is 6. The van der Waals surface area contributed by atoms with Crippen molar-refractivity contribution in [2.75, 3.05) is 0 Å². The Morgan fingerprint density at radius 3 is 1.50 bits per heavy atom. The van der Waals surface area contributed by atoms with Gasteiger partial charge in [-0.15, -0.1) is 0 Å². The van der Waals surface area contributed by atoms with E-state index in [1.807, 2.05) is 95.8 Å². The first-order valence-corrected chi connectivity index (χ1v) is 35.1. The molecule has 0 saturated heterocycles. The van der Waals surface area contributed by atoms with Crippen molar-refractivity contribution in [2.45, 2.75) is 32.7 Å². The minimum Gasteiger partial charge on any atom is -0.415 e. The van der Waals surface area contributed by atoms with E-state index in [4.69, 9.17) is 8.53 Å². The lowest BCUT2D eigenvalue weighted by Gasteiger charge is -2.02. The van der Waals surface area contributed by atoms with Crippen LogP contribution in [0.4, 0.5) is 0 Å². The number of imidazole rings is 8. The fourth-order valence-corrected chi connectivity index (χ4v) is 17.7. The molecule has 0 saturated carbocycles. The van der Waals surface area contributed by atoms with Crippen molar-refractivity contribution in [3.8, 4) is 62.5 Å². The van der Waals surface area contributed by atoms with Crippen molar-refractivity contribution >= 4 is 93.2 Å². The standard InChI is InChI=1S/C21H15N4.2C16H13N4.C15H10N3O.C15H10N3S/c1-2-7-16(8-3-1)24-18-10-11-22-12-19(18)25-20(24)14-23-13-15-6-4-5-9-17(15)21(23)25;1-18-14-8-17-7-6-13(14)20-10-19-9-11-4-2-3-5-12(11)15(19)16(18)20;1-18-13-6-7-17-8-14(13)20-15(18)10-19-9-11-4-2-3-5-12(11)16(19)20;2*1-2-4-11-10(3-1)8-17-9-14-18(15(11)17)12-7-16-6-5-13(12)19-14/h1-12,14H,13H2;2*2-8,10H,9H2,1H3;2*1-7,9H,8H2/q5*+1/i;1D3;;;. The van der Waals surface area contributed by atoms with E-state index in [-0.39, 0.29) is 0 Å². The highest BCUT2D eigenvalue weighted by molar-refractivity contribution is 7.23. The molecular weight excluding hydrogens is 1300 g/mol. The number of thiazole rings is 1. The van der Waals surface area contributed by atoms with Crippen molar-refractivity contribution in [2.24, 2.45) is 14.0 Å². The molecule has 5 aliphatic rings. The summed E-state index contributed by atoms with van der Waals surface area (Å²) >= 11 is 1.82. The van der Waals surface area contributed by atoms with E-state index < -0.39 is 6.98 Å². The van der Waals surface area contributed by atoms with Gasteiger partial charge in [0.15, 0.2) is 51.8 Å². The van der Waals surface area contributed by atoms with Crippen molar-refractivity contribution in [1.82, 2.24) is 60.6 Å². The smallest absolute Gasteiger partial charge is 0.336 e. The first-order chi connectivity index (χ1) is 52.1. The Hall–Kier alpha value is -13.5. The van der Waals surface area contributed by atoms with E-state index in [9.17, 15) is 0 Å². The predicted molar refractivity (Wildman–Crippen MR) is 395 cm³/mol. The summed E-state index contributed by atoms with van der Waals surface area (Å²) in [5.74, 6) is 4.95. The predicted octanol–water partition coefficient (Wildman–Crippen LogP) is 13.1. The lowest BCUT2D eigenvalue weighted by atomic mass is 10.1. The van der Waals surface area contributed by atoms with Crippen LogP contribution in [0.25, 0.3) is 144 Å². The van der Waals surface area contributed by atoms with Gasteiger partial charge in [-0.1, -0.05) is 127 Å². The third-order valence-electron chi connectivity index (χ3n) is 21.1. The third-order valence-corrected chi connectivity index (χ3v) is 22.1. The molecule has 0 fully saturated rings. The van der Waals surface area contributed by atoms with Crippen molar-refractivity contribution in [3.63, 3.8) is 0 Å². The molecule has 0 N–H and O–H groups in total. The average Bonchev–Trinajstić information content (AvgIpc) is 1.54. The minimum atomic E-state index is -2.27. The van der Waals surface area contributed by atoms with Crippen LogP contribution in [0.15, 0.2) is 279 Å². The number of hydrogen-bond acceptors (Lipinski definition) is 7. The van der Waals surface area contributed by atoms with Crippen LogP contribution in [0, 0.1) is 0 Å². The highest BCUT2D eigenvalue weighted by atomic mass is 32.1. The molecule has 0 atom stereocenters. The topological polar surface area (TPSA) is 134 Å². The molecular formula is C83H61N18OS+5. The first kappa shape index (κ1) is 54.5. The molecule has 20 heteroatoms. The van der Waals surface area contributed by atoms with Gasteiger partial charge in [0.25, 0.3) is 40.9 Å². The number of fused-ring (bicyclic) bond motifs is 35. The number of pyridine rings is 5. The number of aryl methyl sites for hydroxylation is 2. The second-order valence-electron chi connectivity index (χ2n) is 26.7. The maximum Gasteiger partial charge on any atom is 0.336 e. The summed E-state index contributed by atoms with van der Waals surface area (Å²) in [6.07, 6.45) is 29.1. The normalized spacial score (nSPS) is 13.5. The minimum absolute atomic E-state index is 0.621. The molecule has 0 amide bonds. The number of aromatic nitrogens is 18. The quantitative estimate of drug-likeness (QED) is 0.150. The van der Waals surface area contributed by atoms with Gasteiger partial charge in [-0.25, -0.2) is 22.8 Å². The van der Waals surface area contributed by atoms with E-state index in [0.29, 0.717) is 11.2 Å². The Morgan fingerprint density at radius 2 is 0.854 bits per heavy atom. The van der Waals surface area contributed by atoms with Gasteiger partial charge >= 0.3 is 5.71 Å². The van der Waals surface area contributed by atoms with Gasteiger partial charge in [-0.3, -0.25) is 29.5 Å². The summed E-state index contributed by atoms with van der Waals surface area (Å²) in [4.78, 5) is 22.6. The molecule has 0 spiro atoms. The van der Waals surface area contributed by atoms with Crippen LogP contribution in [-0.2, 0) is 46.7 Å². The Balaban J connectivity index is 0.0000000830. The maximum absolute atomic E-state index is 7.99. The third kappa shape index (κ3) is 8.43. The lowest BCUT2D eigenvalue weighted by Crippen LogP contribution is -2.29. The van der Waals surface area contributed by atoms with E-state index >= 15 is 0 Å². The van der Waals surface area contributed by atoms with Crippen LogP contribution in [-0.4, -0.2) is 60.6 Å². The van der Waals surface area contributed by atoms with Crippen LogP contribution in [0.2, 0.25) is 0 Å². The van der Waals surface area contributed by atoms with Gasteiger partial charge in [0.05, 0.1) is 63.5 Å². The largest absolute Gasteiger partial charge is 0.415 e. The van der Waals surface area contributed by atoms with Gasteiger partial charge < -0.3 is 13.6 Å². The van der Waals surface area contributed by atoms with E-state index in [0.717, 1.165) is 77.3 Å². The number of para-hydroxylation sites is 1. The van der Waals surface area contributed by atoms with Crippen molar-refractivity contribution < 1.29 is 31.4 Å². The second-order valence-corrected chi connectivity index (χ2v) is 27.7. The molecule has 5 aliphatic heterocycles. The molecule has 21 aromatic rings. The molecule has 26 rings (SSSR count). The summed E-state index contributed by atoms with van der Waals surface area (Å²) in [6, 6.07) is 63.1. The summed E-state index contributed by atoms with van der Waals surface area (Å²) < 4.78 is 59.5. The Labute approximate surface area is 594 Å². The number of rotatable bonds is 1. The van der Waals surface area contributed by atoms with Gasteiger partial charge in [0.2, 0.25) is 16.2 Å². The van der Waals surface area contributed by atoms with Gasteiger partial charge in [0, 0.05) is 100 Å². The monoisotopic (exact) mass is 1360 g/mol. The molecule has 0 aliphatic carbocycles. The van der Waals surface area contributed by atoms with Crippen LogP contribution >= 0.6 is 11.3 Å². The van der Waals surface area contributed by atoms with E-state index in [1.54, 1.807) is 18.6 Å². The van der Waals surface area contributed by atoms with Crippen molar-refractivity contribution in [3.05, 3.63) is 303 Å². The molecule has 20 heterocycles. The van der Waals surface area contributed by atoms with E-state index in [2.05, 4.69) is 258 Å². The fraction of sp³-hybridized carbons (Fsp3) is 0.0843.